The maximum atomic E-state index is 9.69. The molecular formula is C25H35Br2ClN6O3. The molecule has 0 radical (unpaired) electrons. The molecular weight excluding hydrogens is 628 g/mol. The van der Waals surface area contributed by atoms with Crippen molar-refractivity contribution in [3.63, 3.8) is 0 Å². The van der Waals surface area contributed by atoms with Crippen LogP contribution >= 0.6 is 44.3 Å². The monoisotopic (exact) mass is 660 g/mol. The molecule has 0 aliphatic rings. The van der Waals surface area contributed by atoms with Crippen LogP contribution in [0.25, 0.3) is 11.4 Å². The number of hydrazone groups is 1. The van der Waals surface area contributed by atoms with Gasteiger partial charge in [0.25, 0.3) is 6.47 Å². The van der Waals surface area contributed by atoms with Crippen molar-refractivity contribution in [3.05, 3.63) is 69.4 Å². The number of aliphatic hydroxyl groups is 1. The van der Waals surface area contributed by atoms with Gasteiger partial charge in [-0.2, -0.15) is 10.2 Å². The molecule has 9 nitrogen and oxygen atoms in total. The van der Waals surface area contributed by atoms with Gasteiger partial charge in [0.05, 0.1) is 12.1 Å². The molecule has 12 heteroatoms. The number of nitrogens with two attached hydrogens (primary N) is 1. The SMILES string of the molecule is CC(C)(C)CNN=C(N)c1ccc(Br)cc1.CC(C)(O)Cn1cnc(-c2ccc(Br)cc2)n1.Cl.O=CO. The number of amidine groups is 1. The zero-order valence-electron chi connectivity index (χ0n) is 21.5. The summed E-state index contributed by atoms with van der Waals surface area (Å²) < 4.78 is 3.71. The first kappa shape index (κ1) is 34.5. The first-order valence-electron chi connectivity index (χ1n) is 11.0. The van der Waals surface area contributed by atoms with Crippen molar-refractivity contribution in [2.24, 2.45) is 16.3 Å². The van der Waals surface area contributed by atoms with E-state index in [1.54, 1.807) is 24.9 Å². The van der Waals surface area contributed by atoms with Gasteiger partial charge in [-0.25, -0.2) is 9.67 Å². The topological polar surface area (TPSA) is 139 Å². The Morgan fingerprint density at radius 3 is 2.00 bits per heavy atom. The summed E-state index contributed by atoms with van der Waals surface area (Å²) in [5.74, 6) is 1.18. The van der Waals surface area contributed by atoms with E-state index in [9.17, 15) is 5.11 Å². The van der Waals surface area contributed by atoms with Gasteiger partial charge in [0.2, 0.25) is 0 Å². The Morgan fingerprint density at radius 2 is 1.54 bits per heavy atom. The number of nitrogens with one attached hydrogen (secondary N) is 1. The Kier molecular flexibility index (Phi) is 15.3. The molecule has 1 heterocycles. The van der Waals surface area contributed by atoms with E-state index in [4.69, 9.17) is 15.6 Å². The highest BCUT2D eigenvalue weighted by molar-refractivity contribution is 9.10. The Bertz CT molecular complexity index is 1090. The van der Waals surface area contributed by atoms with Crippen LogP contribution in [0.15, 0.2) is 68.9 Å². The van der Waals surface area contributed by atoms with Crippen molar-refractivity contribution in [3.8, 4) is 11.4 Å². The summed E-state index contributed by atoms with van der Waals surface area (Å²) in [7, 11) is 0. The number of halogens is 3. The van der Waals surface area contributed by atoms with Crippen LogP contribution in [0.1, 0.15) is 40.2 Å². The van der Waals surface area contributed by atoms with Crippen LogP contribution < -0.4 is 11.2 Å². The number of carboxylic acid groups (broad SMARTS) is 1. The fourth-order valence-electron chi connectivity index (χ4n) is 2.55. The third-order valence-corrected chi connectivity index (χ3v) is 5.19. The molecule has 5 N–H and O–H groups in total. The van der Waals surface area contributed by atoms with E-state index in [0.717, 1.165) is 26.6 Å². The number of aromatic nitrogens is 3. The molecule has 0 atom stereocenters. The first-order chi connectivity index (χ1) is 16.7. The van der Waals surface area contributed by atoms with E-state index in [1.807, 2.05) is 48.5 Å². The van der Waals surface area contributed by atoms with Crippen molar-refractivity contribution in [2.45, 2.75) is 46.8 Å². The van der Waals surface area contributed by atoms with Crippen LogP contribution in [0, 0.1) is 5.41 Å². The summed E-state index contributed by atoms with van der Waals surface area (Å²) >= 11 is 6.76. The molecule has 0 aliphatic heterocycles. The van der Waals surface area contributed by atoms with Gasteiger partial charge < -0.3 is 21.4 Å². The van der Waals surface area contributed by atoms with Gasteiger partial charge in [0.15, 0.2) is 11.7 Å². The Balaban J connectivity index is 0.000000619. The standard InChI is InChI=1S/C12H14BrN3O.C12H18BrN3.CH2O2.ClH/c1-12(2,17)7-16-8-14-11(15-16)9-3-5-10(13)6-4-9;1-12(2,3)8-15-16-11(14)9-4-6-10(13)7-5-9;2-1-3;/h3-6,8,17H,7H2,1-2H3;4-7,15H,8H2,1-3H3,(H2,14,16);1H,(H,2,3);1H. The molecule has 0 saturated heterocycles. The first-order valence-corrected chi connectivity index (χ1v) is 12.6. The second-order valence-corrected chi connectivity index (χ2v) is 11.4. The lowest BCUT2D eigenvalue weighted by molar-refractivity contribution is -0.122. The highest BCUT2D eigenvalue weighted by atomic mass is 79.9. The number of rotatable bonds is 6. The number of nitrogens with zero attached hydrogens (tertiary/aromatic N) is 4. The van der Waals surface area contributed by atoms with Crippen LogP contribution in [0.3, 0.4) is 0 Å². The van der Waals surface area contributed by atoms with Gasteiger partial charge in [0, 0.05) is 26.6 Å². The predicted octanol–water partition coefficient (Wildman–Crippen LogP) is 5.31. The second kappa shape index (κ2) is 16.4. The van der Waals surface area contributed by atoms with Crippen molar-refractivity contribution in [2.75, 3.05) is 6.54 Å². The molecule has 0 unspecified atom stereocenters. The maximum absolute atomic E-state index is 9.69. The Hall–Kier alpha value is -2.47. The maximum Gasteiger partial charge on any atom is 0.290 e. The van der Waals surface area contributed by atoms with Gasteiger partial charge in [-0.05, 0) is 43.5 Å². The number of carbonyl (C=O) groups is 1. The molecule has 2 aromatic carbocycles. The van der Waals surface area contributed by atoms with E-state index < -0.39 is 5.60 Å². The van der Waals surface area contributed by atoms with Crippen LogP contribution in [-0.2, 0) is 11.3 Å². The highest BCUT2D eigenvalue weighted by Crippen LogP contribution is 2.18. The molecule has 204 valence electrons. The van der Waals surface area contributed by atoms with Gasteiger partial charge in [-0.1, -0.05) is 76.9 Å². The minimum atomic E-state index is -0.787. The quantitative estimate of drug-likeness (QED) is 0.122. The largest absolute Gasteiger partial charge is 0.483 e. The summed E-state index contributed by atoms with van der Waals surface area (Å²) in [5, 5.41) is 25.0. The van der Waals surface area contributed by atoms with E-state index in [0.29, 0.717) is 18.2 Å². The number of benzene rings is 2. The van der Waals surface area contributed by atoms with E-state index in [-0.39, 0.29) is 24.3 Å². The molecule has 37 heavy (non-hydrogen) atoms. The normalized spacial score (nSPS) is 11.2. The molecule has 0 aliphatic carbocycles. The molecule has 0 amide bonds. The molecule has 3 aromatic rings. The molecule has 0 saturated carbocycles. The van der Waals surface area contributed by atoms with Crippen molar-refractivity contribution < 1.29 is 15.0 Å². The average molecular weight is 663 g/mol. The zero-order valence-corrected chi connectivity index (χ0v) is 25.5. The lowest BCUT2D eigenvalue weighted by Crippen LogP contribution is -2.26. The molecule has 0 fully saturated rings. The van der Waals surface area contributed by atoms with Gasteiger partial charge in [-0.3, -0.25) is 4.79 Å². The minimum Gasteiger partial charge on any atom is -0.483 e. The van der Waals surface area contributed by atoms with Crippen LogP contribution in [0.5, 0.6) is 0 Å². The van der Waals surface area contributed by atoms with Crippen LogP contribution in [-0.4, -0.2) is 49.4 Å². The fourth-order valence-corrected chi connectivity index (χ4v) is 3.07. The Morgan fingerprint density at radius 1 is 1.05 bits per heavy atom. The predicted molar refractivity (Wildman–Crippen MR) is 158 cm³/mol. The molecule has 3 rings (SSSR count). The van der Waals surface area contributed by atoms with Gasteiger partial charge in [0.1, 0.15) is 6.33 Å². The van der Waals surface area contributed by atoms with E-state index in [2.05, 4.69) is 73.2 Å². The van der Waals surface area contributed by atoms with Gasteiger partial charge >= 0.3 is 0 Å². The third kappa shape index (κ3) is 15.4. The molecule has 1 aromatic heterocycles. The molecule has 0 spiro atoms. The van der Waals surface area contributed by atoms with Crippen molar-refractivity contribution in [1.29, 1.82) is 0 Å². The van der Waals surface area contributed by atoms with Crippen molar-refractivity contribution >= 4 is 56.6 Å². The van der Waals surface area contributed by atoms with Crippen LogP contribution in [0.2, 0.25) is 0 Å². The summed E-state index contributed by atoms with van der Waals surface area (Å²) in [6.45, 7) is 10.9. The highest BCUT2D eigenvalue weighted by Gasteiger charge is 2.15. The smallest absolute Gasteiger partial charge is 0.290 e. The summed E-state index contributed by atoms with van der Waals surface area (Å²) in [6, 6.07) is 15.6. The lowest BCUT2D eigenvalue weighted by Gasteiger charge is -2.17. The summed E-state index contributed by atoms with van der Waals surface area (Å²) in [5.41, 5.74) is 10.1. The number of hydrogen-bond acceptors (Lipinski definition) is 6. The summed E-state index contributed by atoms with van der Waals surface area (Å²) in [4.78, 5) is 12.6. The number of hydrogen-bond donors (Lipinski definition) is 4. The fraction of sp³-hybridized carbons (Fsp3) is 0.360. The zero-order chi connectivity index (χ0) is 27.4. The van der Waals surface area contributed by atoms with Gasteiger partial charge in [-0.15, -0.1) is 12.4 Å². The lowest BCUT2D eigenvalue weighted by atomic mass is 9.98. The second-order valence-electron chi connectivity index (χ2n) is 9.59. The average Bonchev–Trinajstić information content (AvgIpc) is 3.21. The van der Waals surface area contributed by atoms with E-state index in [1.165, 1.54) is 0 Å². The third-order valence-electron chi connectivity index (χ3n) is 4.14. The van der Waals surface area contributed by atoms with Crippen molar-refractivity contribution in [1.82, 2.24) is 20.2 Å². The Labute approximate surface area is 241 Å². The molecule has 0 bridgehead atoms. The van der Waals surface area contributed by atoms with Crippen LogP contribution in [0.4, 0.5) is 0 Å². The minimum absolute atomic E-state index is 0. The summed E-state index contributed by atoms with van der Waals surface area (Å²) in [6.07, 6.45) is 1.63. The van der Waals surface area contributed by atoms with E-state index >= 15 is 0 Å².